The van der Waals surface area contributed by atoms with Crippen LogP contribution in [0.25, 0.3) is 11.2 Å². The molecule has 0 unspecified atom stereocenters. The number of anilines is 1. The summed E-state index contributed by atoms with van der Waals surface area (Å²) in [6, 6.07) is 2.14. The van der Waals surface area contributed by atoms with Crippen molar-refractivity contribution in [1.82, 2.24) is 14.9 Å². The molecule has 0 N–H and O–H groups in total. The zero-order chi connectivity index (χ0) is 16.6. The van der Waals surface area contributed by atoms with Crippen LogP contribution in [0.3, 0.4) is 0 Å². The van der Waals surface area contributed by atoms with Gasteiger partial charge in [0.1, 0.15) is 5.60 Å². The minimum Gasteiger partial charge on any atom is -0.444 e. The van der Waals surface area contributed by atoms with Gasteiger partial charge in [-0.15, -0.1) is 0 Å². The molecule has 7 nitrogen and oxygen atoms in total. The number of rotatable bonds is 1. The van der Waals surface area contributed by atoms with E-state index in [4.69, 9.17) is 20.8 Å². The van der Waals surface area contributed by atoms with E-state index in [2.05, 4.69) is 9.97 Å². The van der Waals surface area contributed by atoms with E-state index in [9.17, 15) is 4.79 Å². The van der Waals surface area contributed by atoms with Crippen molar-refractivity contribution in [3.8, 4) is 0 Å². The molecule has 1 saturated heterocycles. The first-order valence-electron chi connectivity index (χ1n) is 7.47. The monoisotopic (exact) mass is 338 g/mol. The first-order valence-corrected chi connectivity index (χ1v) is 7.85. The van der Waals surface area contributed by atoms with E-state index in [0.717, 1.165) is 0 Å². The molecule has 8 heteroatoms. The average molecular weight is 339 g/mol. The van der Waals surface area contributed by atoms with Crippen molar-refractivity contribution in [3.05, 3.63) is 17.3 Å². The Morgan fingerprint density at radius 2 is 2.00 bits per heavy atom. The number of halogens is 1. The van der Waals surface area contributed by atoms with E-state index in [1.165, 1.54) is 0 Å². The molecule has 0 aromatic carbocycles. The predicted octanol–water partition coefficient (Wildman–Crippen LogP) is 2.93. The molecule has 2 aromatic heterocycles. The number of hydrogen-bond acceptors (Lipinski definition) is 6. The Morgan fingerprint density at radius 3 is 2.61 bits per heavy atom. The maximum absolute atomic E-state index is 12.1. The van der Waals surface area contributed by atoms with E-state index in [1.54, 1.807) is 17.2 Å². The van der Waals surface area contributed by atoms with Gasteiger partial charge in [-0.2, -0.15) is 4.98 Å². The summed E-state index contributed by atoms with van der Waals surface area (Å²) in [7, 11) is 0. The number of aromatic nitrogens is 2. The summed E-state index contributed by atoms with van der Waals surface area (Å²) in [6.45, 7) is 7.90. The van der Waals surface area contributed by atoms with Gasteiger partial charge in [0.25, 0.3) is 6.01 Å². The Hall–Kier alpha value is -2.02. The summed E-state index contributed by atoms with van der Waals surface area (Å²) < 4.78 is 11.1. The van der Waals surface area contributed by atoms with Crippen LogP contribution in [-0.2, 0) is 4.74 Å². The molecule has 3 rings (SSSR count). The molecule has 0 radical (unpaired) electrons. The summed E-state index contributed by atoms with van der Waals surface area (Å²) in [5.74, 6) is 0. The maximum atomic E-state index is 12.1. The fourth-order valence-electron chi connectivity index (χ4n) is 2.34. The second-order valence-corrected chi connectivity index (χ2v) is 6.80. The van der Waals surface area contributed by atoms with Gasteiger partial charge in [0.05, 0.1) is 5.02 Å². The third-order valence-corrected chi connectivity index (χ3v) is 3.73. The first-order chi connectivity index (χ1) is 10.8. The molecule has 1 aliphatic rings. The van der Waals surface area contributed by atoms with Gasteiger partial charge >= 0.3 is 6.09 Å². The second-order valence-electron chi connectivity index (χ2n) is 6.40. The predicted molar refractivity (Wildman–Crippen MR) is 86.8 cm³/mol. The molecule has 0 atom stereocenters. The lowest BCUT2D eigenvalue weighted by molar-refractivity contribution is 0.0239. The first kappa shape index (κ1) is 15.9. The van der Waals surface area contributed by atoms with E-state index in [-0.39, 0.29) is 6.09 Å². The Balaban J connectivity index is 1.66. The van der Waals surface area contributed by atoms with E-state index in [1.807, 2.05) is 25.7 Å². The Kier molecular flexibility index (Phi) is 4.06. The van der Waals surface area contributed by atoms with Gasteiger partial charge in [-0.05, 0) is 26.8 Å². The zero-order valence-electron chi connectivity index (χ0n) is 13.4. The van der Waals surface area contributed by atoms with Crippen molar-refractivity contribution in [2.75, 3.05) is 31.1 Å². The van der Waals surface area contributed by atoms with Gasteiger partial charge in [0, 0.05) is 32.4 Å². The molecule has 23 heavy (non-hydrogen) atoms. The average Bonchev–Trinajstić information content (AvgIpc) is 2.91. The van der Waals surface area contributed by atoms with Crippen molar-refractivity contribution in [3.63, 3.8) is 0 Å². The molecule has 0 saturated carbocycles. The Bertz CT molecular complexity index is 717. The highest BCUT2D eigenvalue weighted by Crippen LogP contribution is 2.27. The number of hydrogen-bond donors (Lipinski definition) is 0. The highest BCUT2D eigenvalue weighted by atomic mass is 35.5. The normalized spacial score (nSPS) is 16.0. The van der Waals surface area contributed by atoms with E-state index < -0.39 is 5.60 Å². The molecule has 2 aromatic rings. The SMILES string of the molecule is CC(C)(C)OC(=O)N1CCN(c2nc3nccc(Cl)c3o2)CC1. The molecule has 0 spiro atoms. The molecule has 0 bridgehead atoms. The summed E-state index contributed by atoms with van der Waals surface area (Å²) in [4.78, 5) is 24.2. The maximum Gasteiger partial charge on any atom is 0.410 e. The van der Waals surface area contributed by atoms with Gasteiger partial charge in [-0.1, -0.05) is 11.6 Å². The van der Waals surface area contributed by atoms with Crippen molar-refractivity contribution < 1.29 is 13.9 Å². The van der Waals surface area contributed by atoms with Gasteiger partial charge < -0.3 is 19.0 Å². The van der Waals surface area contributed by atoms with E-state index >= 15 is 0 Å². The number of pyridine rings is 1. The molecule has 1 aliphatic heterocycles. The number of ether oxygens (including phenoxy) is 1. The Morgan fingerprint density at radius 1 is 1.30 bits per heavy atom. The number of oxazole rings is 1. The molecular weight excluding hydrogens is 320 g/mol. The number of amides is 1. The largest absolute Gasteiger partial charge is 0.444 e. The number of piperazine rings is 1. The van der Waals surface area contributed by atoms with Crippen LogP contribution in [0.5, 0.6) is 0 Å². The number of nitrogens with zero attached hydrogens (tertiary/aromatic N) is 4. The zero-order valence-corrected chi connectivity index (χ0v) is 14.1. The highest BCUT2D eigenvalue weighted by Gasteiger charge is 2.27. The van der Waals surface area contributed by atoms with Crippen molar-refractivity contribution in [2.24, 2.45) is 0 Å². The van der Waals surface area contributed by atoms with Gasteiger partial charge in [0.15, 0.2) is 5.58 Å². The van der Waals surface area contributed by atoms with E-state index in [0.29, 0.717) is 48.4 Å². The molecule has 1 amide bonds. The van der Waals surface area contributed by atoms with Crippen LogP contribution in [0.15, 0.2) is 16.7 Å². The lowest BCUT2D eigenvalue weighted by atomic mass is 10.2. The van der Waals surface area contributed by atoms with Crippen LogP contribution >= 0.6 is 11.6 Å². The number of fused-ring (bicyclic) bond motifs is 1. The van der Waals surface area contributed by atoms with Crippen molar-refractivity contribution >= 4 is 34.9 Å². The van der Waals surface area contributed by atoms with Crippen molar-refractivity contribution in [1.29, 1.82) is 0 Å². The number of carbonyl (C=O) groups excluding carboxylic acids is 1. The van der Waals surface area contributed by atoms with Crippen LogP contribution in [-0.4, -0.2) is 52.7 Å². The molecular formula is C15H19ClN4O3. The third-order valence-electron chi connectivity index (χ3n) is 3.43. The van der Waals surface area contributed by atoms with Crippen LogP contribution in [0.1, 0.15) is 20.8 Å². The fraction of sp³-hybridized carbons (Fsp3) is 0.533. The van der Waals surface area contributed by atoms with Gasteiger partial charge in [-0.25, -0.2) is 9.78 Å². The van der Waals surface area contributed by atoms with Crippen molar-refractivity contribution in [2.45, 2.75) is 26.4 Å². The lowest BCUT2D eigenvalue weighted by Crippen LogP contribution is -2.50. The fourth-order valence-corrected chi connectivity index (χ4v) is 2.51. The number of carbonyl (C=O) groups is 1. The smallest absolute Gasteiger partial charge is 0.410 e. The minimum atomic E-state index is -0.489. The lowest BCUT2D eigenvalue weighted by Gasteiger charge is -2.34. The second kappa shape index (κ2) is 5.88. The summed E-state index contributed by atoms with van der Waals surface area (Å²) in [5, 5.41) is 0.487. The van der Waals surface area contributed by atoms with Gasteiger partial charge in [0.2, 0.25) is 5.65 Å². The quantitative estimate of drug-likeness (QED) is 0.796. The molecule has 0 aliphatic carbocycles. The molecule has 124 valence electrons. The minimum absolute atomic E-state index is 0.292. The van der Waals surface area contributed by atoms with Gasteiger partial charge in [-0.3, -0.25) is 0 Å². The summed E-state index contributed by atoms with van der Waals surface area (Å²) >= 11 is 6.07. The standard InChI is InChI=1S/C15H19ClN4O3/c1-15(2,3)23-14(21)20-8-6-19(7-9-20)13-18-12-11(22-13)10(16)4-5-17-12/h4-5H,6-9H2,1-3H3. The van der Waals surface area contributed by atoms with Crippen LogP contribution in [0.2, 0.25) is 5.02 Å². The third kappa shape index (κ3) is 3.50. The molecule has 3 heterocycles. The van der Waals surface area contributed by atoms with Crippen LogP contribution in [0.4, 0.5) is 10.8 Å². The summed E-state index contributed by atoms with van der Waals surface area (Å²) in [5.41, 5.74) is 0.484. The topological polar surface area (TPSA) is 71.7 Å². The summed E-state index contributed by atoms with van der Waals surface area (Å²) in [6.07, 6.45) is 1.30. The van der Waals surface area contributed by atoms with Crippen LogP contribution < -0.4 is 4.90 Å². The highest BCUT2D eigenvalue weighted by molar-refractivity contribution is 6.34. The Labute approximate surface area is 139 Å². The molecule has 1 fully saturated rings. The van der Waals surface area contributed by atoms with Crippen LogP contribution in [0, 0.1) is 0 Å².